The quantitative estimate of drug-likeness (QED) is 0.757. The Morgan fingerprint density at radius 1 is 1.08 bits per heavy atom. The van der Waals surface area contributed by atoms with Crippen molar-refractivity contribution in [3.05, 3.63) is 23.3 Å². The summed E-state index contributed by atoms with van der Waals surface area (Å²) < 4.78 is 49.0. The minimum atomic E-state index is -4.96. The molecule has 3 heterocycles. The van der Waals surface area contributed by atoms with Crippen LogP contribution in [-0.4, -0.2) is 53.7 Å². The van der Waals surface area contributed by atoms with Gasteiger partial charge < -0.3 is 19.3 Å². The summed E-state index contributed by atoms with van der Waals surface area (Å²) in [5.41, 5.74) is 1.92. The molecule has 0 radical (unpaired) electrons. The smallest absolute Gasteiger partial charge is 0.454 e. The van der Waals surface area contributed by atoms with E-state index in [0.717, 1.165) is 11.1 Å². The van der Waals surface area contributed by atoms with Crippen molar-refractivity contribution in [2.75, 3.05) is 19.9 Å². The lowest BCUT2D eigenvalue weighted by molar-refractivity contribution is -0.187. The van der Waals surface area contributed by atoms with Gasteiger partial charge in [0.25, 0.3) is 0 Å². The summed E-state index contributed by atoms with van der Waals surface area (Å²) in [5, 5.41) is 0. The summed E-state index contributed by atoms with van der Waals surface area (Å²) in [7, 11) is 0. The van der Waals surface area contributed by atoms with Crippen LogP contribution in [0.3, 0.4) is 0 Å². The van der Waals surface area contributed by atoms with E-state index in [2.05, 4.69) is 0 Å². The van der Waals surface area contributed by atoms with Crippen molar-refractivity contribution in [2.45, 2.75) is 38.0 Å². The Morgan fingerprint density at radius 3 is 2.46 bits per heavy atom. The van der Waals surface area contributed by atoms with Crippen LogP contribution < -0.4 is 9.47 Å². The van der Waals surface area contributed by atoms with Gasteiger partial charge in [-0.3, -0.25) is 9.59 Å². The van der Waals surface area contributed by atoms with Gasteiger partial charge in [-0.15, -0.1) is 0 Å². The number of likely N-dealkylation sites (tertiary alicyclic amines) is 1. The van der Waals surface area contributed by atoms with E-state index in [-0.39, 0.29) is 26.3 Å². The molecule has 4 rings (SSSR count). The molecule has 0 N–H and O–H groups in total. The van der Waals surface area contributed by atoms with E-state index in [1.54, 1.807) is 0 Å². The van der Waals surface area contributed by atoms with Crippen molar-refractivity contribution < 1.29 is 32.2 Å². The number of carbonyl (C=O) groups excluding carboxylic acids is 2. The third kappa shape index (κ3) is 2.85. The molecule has 6 nitrogen and oxygen atoms in total. The van der Waals surface area contributed by atoms with Crippen LogP contribution in [-0.2, 0) is 22.6 Å². The molecule has 9 heteroatoms. The molecule has 0 aromatic heterocycles. The molecule has 140 valence electrons. The summed E-state index contributed by atoms with van der Waals surface area (Å²) in [6, 6.07) is 2.65. The van der Waals surface area contributed by atoms with Crippen LogP contribution in [0.5, 0.6) is 11.5 Å². The number of ether oxygens (including phenoxy) is 2. The normalized spacial score (nSPS) is 21.7. The molecule has 1 fully saturated rings. The van der Waals surface area contributed by atoms with E-state index < -0.39 is 24.0 Å². The first kappa shape index (κ1) is 17.0. The predicted molar refractivity (Wildman–Crippen MR) is 82.5 cm³/mol. The Labute approximate surface area is 147 Å². The number of carbonyl (C=O) groups is 2. The van der Waals surface area contributed by atoms with Gasteiger partial charge in [0.05, 0.1) is 0 Å². The lowest BCUT2D eigenvalue weighted by Crippen LogP contribution is -2.52. The van der Waals surface area contributed by atoms with Crippen LogP contribution in [0.1, 0.15) is 24.0 Å². The summed E-state index contributed by atoms with van der Waals surface area (Å²) in [4.78, 5) is 26.6. The van der Waals surface area contributed by atoms with Crippen LogP contribution >= 0.6 is 0 Å². The minimum absolute atomic E-state index is 0.0438. The zero-order valence-corrected chi connectivity index (χ0v) is 13.8. The van der Waals surface area contributed by atoms with Gasteiger partial charge in [-0.2, -0.15) is 13.2 Å². The molecule has 3 aliphatic rings. The standard InChI is InChI=1S/C17H17F3N2O4/c18-17(19,20)16(24)22-4-1-2-12(22)15(23)21-5-3-10-6-13-14(26-9-25-13)7-11(10)8-21/h6-7,12H,1-5,8-9H2. The van der Waals surface area contributed by atoms with Gasteiger partial charge in [0.1, 0.15) is 6.04 Å². The zero-order chi connectivity index (χ0) is 18.5. The Kier molecular flexibility index (Phi) is 3.96. The maximum atomic E-state index is 12.8. The van der Waals surface area contributed by atoms with Gasteiger partial charge in [-0.25, -0.2) is 0 Å². The topological polar surface area (TPSA) is 59.1 Å². The zero-order valence-electron chi connectivity index (χ0n) is 13.8. The predicted octanol–water partition coefficient (Wildman–Crippen LogP) is 1.85. The minimum Gasteiger partial charge on any atom is -0.454 e. The molecule has 26 heavy (non-hydrogen) atoms. The first-order chi connectivity index (χ1) is 12.3. The van der Waals surface area contributed by atoms with Crippen molar-refractivity contribution in [1.82, 2.24) is 9.80 Å². The summed E-state index contributed by atoms with van der Waals surface area (Å²) >= 11 is 0. The third-order valence-electron chi connectivity index (χ3n) is 5.06. The summed E-state index contributed by atoms with van der Waals surface area (Å²) in [6.45, 7) is 0.792. The van der Waals surface area contributed by atoms with Crippen LogP contribution in [0.15, 0.2) is 12.1 Å². The van der Waals surface area contributed by atoms with Crippen LogP contribution in [0.4, 0.5) is 13.2 Å². The van der Waals surface area contributed by atoms with Gasteiger partial charge >= 0.3 is 12.1 Å². The fourth-order valence-corrected chi connectivity index (χ4v) is 3.77. The highest BCUT2D eigenvalue weighted by atomic mass is 19.4. The maximum absolute atomic E-state index is 12.8. The lowest BCUT2D eigenvalue weighted by atomic mass is 9.98. The SMILES string of the molecule is O=C(C1CCCN1C(=O)C(F)(F)F)N1CCc2cc3c(cc2C1)OCO3. The average Bonchev–Trinajstić information content (AvgIpc) is 3.25. The second kappa shape index (κ2) is 6.07. The molecular formula is C17H17F3N2O4. The van der Waals surface area contributed by atoms with E-state index in [9.17, 15) is 22.8 Å². The first-order valence-corrected chi connectivity index (χ1v) is 8.42. The number of rotatable bonds is 1. The molecule has 1 saturated heterocycles. The Balaban J connectivity index is 1.51. The molecule has 0 bridgehead atoms. The molecule has 1 unspecified atom stereocenters. The van der Waals surface area contributed by atoms with Gasteiger partial charge in [0.2, 0.25) is 12.7 Å². The van der Waals surface area contributed by atoms with Crippen molar-refractivity contribution >= 4 is 11.8 Å². The van der Waals surface area contributed by atoms with Crippen LogP contribution in [0.25, 0.3) is 0 Å². The summed E-state index contributed by atoms with van der Waals surface area (Å²) in [5.74, 6) is -1.09. The second-order valence-corrected chi connectivity index (χ2v) is 6.64. The number of hydrogen-bond donors (Lipinski definition) is 0. The van der Waals surface area contributed by atoms with E-state index in [0.29, 0.717) is 35.8 Å². The number of hydrogen-bond acceptors (Lipinski definition) is 4. The van der Waals surface area contributed by atoms with Gasteiger partial charge in [-0.05, 0) is 42.5 Å². The molecule has 0 saturated carbocycles. The number of halogens is 3. The number of fused-ring (bicyclic) bond motifs is 2. The molecule has 1 atom stereocenters. The van der Waals surface area contributed by atoms with E-state index in [1.165, 1.54) is 4.90 Å². The molecular weight excluding hydrogens is 353 g/mol. The van der Waals surface area contributed by atoms with E-state index >= 15 is 0 Å². The van der Waals surface area contributed by atoms with Crippen molar-refractivity contribution in [3.63, 3.8) is 0 Å². The molecule has 0 aliphatic carbocycles. The van der Waals surface area contributed by atoms with Crippen molar-refractivity contribution in [3.8, 4) is 11.5 Å². The van der Waals surface area contributed by atoms with E-state index in [1.807, 2.05) is 12.1 Å². The Morgan fingerprint density at radius 2 is 1.77 bits per heavy atom. The van der Waals surface area contributed by atoms with Gasteiger partial charge in [0.15, 0.2) is 11.5 Å². The fourth-order valence-electron chi connectivity index (χ4n) is 3.77. The highest BCUT2D eigenvalue weighted by molar-refractivity contribution is 5.90. The van der Waals surface area contributed by atoms with Crippen LogP contribution in [0, 0.1) is 0 Å². The van der Waals surface area contributed by atoms with E-state index in [4.69, 9.17) is 9.47 Å². The molecule has 0 spiro atoms. The molecule has 3 aliphatic heterocycles. The molecule has 1 aromatic rings. The molecule has 2 amide bonds. The van der Waals surface area contributed by atoms with Gasteiger partial charge in [-0.1, -0.05) is 0 Å². The number of amides is 2. The maximum Gasteiger partial charge on any atom is 0.471 e. The Bertz CT molecular complexity index is 765. The van der Waals surface area contributed by atoms with Crippen molar-refractivity contribution in [2.24, 2.45) is 0 Å². The number of benzene rings is 1. The second-order valence-electron chi connectivity index (χ2n) is 6.64. The third-order valence-corrected chi connectivity index (χ3v) is 5.06. The monoisotopic (exact) mass is 370 g/mol. The molecule has 1 aromatic carbocycles. The first-order valence-electron chi connectivity index (χ1n) is 8.42. The number of alkyl halides is 3. The Hall–Kier alpha value is -2.45. The highest BCUT2D eigenvalue weighted by Crippen LogP contribution is 2.37. The highest BCUT2D eigenvalue weighted by Gasteiger charge is 2.48. The summed E-state index contributed by atoms with van der Waals surface area (Å²) in [6.07, 6.45) is -3.74. The van der Waals surface area contributed by atoms with Gasteiger partial charge in [0, 0.05) is 19.6 Å². The van der Waals surface area contributed by atoms with Crippen LogP contribution in [0.2, 0.25) is 0 Å². The largest absolute Gasteiger partial charge is 0.471 e. The van der Waals surface area contributed by atoms with Crippen molar-refractivity contribution in [1.29, 1.82) is 0 Å². The average molecular weight is 370 g/mol. The number of nitrogens with zero attached hydrogens (tertiary/aromatic N) is 2. The fraction of sp³-hybridized carbons (Fsp3) is 0.529. The lowest BCUT2D eigenvalue weighted by Gasteiger charge is -2.33.